The van der Waals surface area contributed by atoms with Crippen LogP contribution in [0.15, 0.2) is 53.7 Å². The molecule has 7 nitrogen and oxygen atoms in total. The average Bonchev–Trinajstić information content (AvgIpc) is 3.49. The number of aromatic nitrogens is 4. The Balaban J connectivity index is 1.61. The molecule has 0 unspecified atom stereocenters. The molecule has 0 aliphatic rings. The number of carbonyl (C=O) groups excluding carboxylic acids is 1. The minimum atomic E-state index is -4.09. The van der Waals surface area contributed by atoms with E-state index in [2.05, 4.69) is 20.2 Å². The maximum atomic E-state index is 15.5. The minimum Gasteiger partial charge on any atom is -0.345 e. The maximum Gasteiger partial charge on any atom is 0.184 e. The second kappa shape index (κ2) is 8.35. The number of benzene rings is 3. The van der Waals surface area contributed by atoms with Crippen LogP contribution in [0.4, 0.5) is 13.2 Å². The Labute approximate surface area is 196 Å². The molecule has 0 atom stereocenters. The second-order valence-electron chi connectivity index (χ2n) is 7.91. The summed E-state index contributed by atoms with van der Waals surface area (Å²) in [6.07, 6.45) is 1.50. The number of para-hydroxylation sites is 1. The van der Waals surface area contributed by atoms with Gasteiger partial charge in [-0.25, -0.2) is 26.6 Å². The predicted molar refractivity (Wildman–Crippen MR) is 123 cm³/mol. The first kappa shape index (κ1) is 22.8. The van der Waals surface area contributed by atoms with Crippen LogP contribution in [0.3, 0.4) is 0 Å². The third-order valence-corrected chi connectivity index (χ3v) is 7.49. The third kappa shape index (κ3) is 3.68. The highest BCUT2D eigenvalue weighted by atomic mass is 32.2. The van der Waals surface area contributed by atoms with Crippen molar-refractivity contribution in [3.8, 4) is 11.1 Å². The van der Waals surface area contributed by atoms with Gasteiger partial charge in [0, 0.05) is 22.9 Å². The molecule has 35 heavy (non-hydrogen) atoms. The van der Waals surface area contributed by atoms with Crippen LogP contribution in [0.1, 0.15) is 29.4 Å². The number of nitrogens with zero attached hydrogens (tertiary/aromatic N) is 2. The number of halogens is 3. The minimum absolute atomic E-state index is 0.0984. The molecular formula is C24H17F3N4O3S. The zero-order chi connectivity index (χ0) is 24.9. The van der Waals surface area contributed by atoms with Crippen LogP contribution in [0.25, 0.3) is 33.1 Å². The van der Waals surface area contributed by atoms with E-state index in [0.717, 1.165) is 18.2 Å². The fourth-order valence-corrected chi connectivity index (χ4v) is 5.59. The zero-order valence-electron chi connectivity index (χ0n) is 18.2. The Bertz CT molecular complexity index is 1740. The summed E-state index contributed by atoms with van der Waals surface area (Å²) >= 11 is 0. The summed E-state index contributed by atoms with van der Waals surface area (Å²) in [5, 5.41) is 6.46. The first-order chi connectivity index (χ1) is 16.7. The second-order valence-corrected chi connectivity index (χ2v) is 9.87. The molecule has 0 bridgehead atoms. The Morgan fingerprint density at radius 2 is 1.80 bits per heavy atom. The van der Waals surface area contributed by atoms with Crippen molar-refractivity contribution < 1.29 is 26.4 Å². The number of H-pyrrole nitrogens is 2. The molecule has 5 aromatic rings. The van der Waals surface area contributed by atoms with Gasteiger partial charge < -0.3 is 4.98 Å². The molecule has 3 aromatic carbocycles. The van der Waals surface area contributed by atoms with E-state index in [-0.39, 0.29) is 44.8 Å². The summed E-state index contributed by atoms with van der Waals surface area (Å²) in [6, 6.07) is 8.90. The summed E-state index contributed by atoms with van der Waals surface area (Å²) in [5.74, 6) is -4.40. The van der Waals surface area contributed by atoms with Crippen molar-refractivity contribution in [1.29, 1.82) is 0 Å². The lowest BCUT2D eigenvalue weighted by atomic mass is 9.99. The molecule has 2 heterocycles. The number of fused-ring (bicyclic) bond motifs is 2. The zero-order valence-corrected chi connectivity index (χ0v) is 19.0. The highest BCUT2D eigenvalue weighted by Crippen LogP contribution is 2.35. The fourth-order valence-electron chi connectivity index (χ4n) is 4.06. The van der Waals surface area contributed by atoms with Gasteiger partial charge in [-0.1, -0.05) is 25.1 Å². The van der Waals surface area contributed by atoms with Crippen LogP contribution in [-0.4, -0.2) is 34.4 Å². The van der Waals surface area contributed by atoms with E-state index in [9.17, 15) is 17.6 Å². The summed E-state index contributed by atoms with van der Waals surface area (Å²) in [6.45, 7) is 1.64. The smallest absolute Gasteiger partial charge is 0.184 e. The van der Waals surface area contributed by atoms with Gasteiger partial charge in [0.2, 0.25) is 0 Å². The standard InChI is InChI=1S/C24H17F3N4O3S/c1-2-17(32)22-14-8-7-13(21(27)23(14)31-30-22)19-15(25)9-6-12(20(19)26)10-35(33,34)18-5-3-4-16-24(18)29-11-28-16/h3-9,11H,2,10H2,1H3,(H,28,29)(H,30,31). The number of imidazole rings is 1. The molecule has 2 aromatic heterocycles. The number of sulfone groups is 1. The number of carbonyl (C=O) groups is 1. The van der Waals surface area contributed by atoms with Gasteiger partial charge in [0.25, 0.3) is 0 Å². The lowest BCUT2D eigenvalue weighted by molar-refractivity contribution is 0.0985. The fraction of sp³-hybridized carbons (Fsp3) is 0.125. The molecule has 0 aliphatic carbocycles. The van der Waals surface area contributed by atoms with E-state index in [1.807, 2.05) is 0 Å². The number of ketones is 1. The lowest BCUT2D eigenvalue weighted by Crippen LogP contribution is -2.09. The van der Waals surface area contributed by atoms with E-state index in [4.69, 9.17) is 0 Å². The number of aromatic amines is 2. The molecule has 11 heteroatoms. The van der Waals surface area contributed by atoms with Crippen LogP contribution >= 0.6 is 0 Å². The molecule has 0 amide bonds. The Kier molecular flexibility index (Phi) is 5.43. The van der Waals surface area contributed by atoms with Gasteiger partial charge in [0.05, 0.1) is 28.1 Å². The summed E-state index contributed by atoms with van der Waals surface area (Å²) in [4.78, 5) is 18.8. The van der Waals surface area contributed by atoms with Crippen molar-refractivity contribution in [2.45, 2.75) is 24.0 Å². The van der Waals surface area contributed by atoms with E-state index in [0.29, 0.717) is 5.52 Å². The van der Waals surface area contributed by atoms with E-state index >= 15 is 8.78 Å². The monoisotopic (exact) mass is 498 g/mol. The molecule has 178 valence electrons. The van der Waals surface area contributed by atoms with Crippen molar-refractivity contribution in [1.82, 2.24) is 20.2 Å². The van der Waals surface area contributed by atoms with E-state index in [1.165, 1.54) is 24.5 Å². The van der Waals surface area contributed by atoms with E-state index < -0.39 is 44.2 Å². The van der Waals surface area contributed by atoms with Crippen molar-refractivity contribution in [2.75, 3.05) is 0 Å². The van der Waals surface area contributed by atoms with Crippen LogP contribution in [0.5, 0.6) is 0 Å². The van der Waals surface area contributed by atoms with Crippen molar-refractivity contribution in [3.05, 3.63) is 77.5 Å². The number of hydrogen-bond donors (Lipinski definition) is 2. The largest absolute Gasteiger partial charge is 0.345 e. The summed E-state index contributed by atoms with van der Waals surface area (Å²) in [7, 11) is -4.09. The van der Waals surface area contributed by atoms with Gasteiger partial charge in [-0.2, -0.15) is 5.10 Å². The average molecular weight is 498 g/mol. The van der Waals surface area contributed by atoms with Gasteiger partial charge in [0.1, 0.15) is 28.4 Å². The predicted octanol–water partition coefficient (Wildman–Crippen LogP) is 5.09. The SMILES string of the molecule is CCC(=O)c1[nH]nc2c(F)c(-c3c(F)ccc(CS(=O)(=O)c4cccc5[nH]cnc45)c3F)ccc12. The van der Waals surface area contributed by atoms with Gasteiger partial charge in [-0.05, 0) is 24.3 Å². The number of hydrogen-bond acceptors (Lipinski definition) is 5. The molecule has 0 aliphatic heterocycles. The number of rotatable bonds is 6. The van der Waals surface area contributed by atoms with Crippen molar-refractivity contribution in [3.63, 3.8) is 0 Å². The van der Waals surface area contributed by atoms with Gasteiger partial charge in [-0.3, -0.25) is 9.89 Å². The van der Waals surface area contributed by atoms with Gasteiger partial charge in [0.15, 0.2) is 21.4 Å². The van der Waals surface area contributed by atoms with Crippen LogP contribution < -0.4 is 0 Å². The maximum absolute atomic E-state index is 15.5. The topological polar surface area (TPSA) is 109 Å². The van der Waals surface area contributed by atoms with Crippen LogP contribution in [-0.2, 0) is 15.6 Å². The Hall–Kier alpha value is -3.99. The summed E-state index contributed by atoms with van der Waals surface area (Å²) < 4.78 is 71.8. The van der Waals surface area contributed by atoms with Crippen molar-refractivity contribution in [2.24, 2.45) is 0 Å². The first-order valence-corrected chi connectivity index (χ1v) is 12.2. The first-order valence-electron chi connectivity index (χ1n) is 10.5. The quantitative estimate of drug-likeness (QED) is 0.317. The van der Waals surface area contributed by atoms with Crippen LogP contribution in [0.2, 0.25) is 0 Å². The molecule has 5 rings (SSSR count). The van der Waals surface area contributed by atoms with Gasteiger partial charge >= 0.3 is 0 Å². The molecule has 0 radical (unpaired) electrons. The van der Waals surface area contributed by atoms with Crippen molar-refractivity contribution >= 4 is 37.6 Å². The summed E-state index contributed by atoms with van der Waals surface area (Å²) in [5.41, 5.74) is -0.964. The Morgan fingerprint density at radius 3 is 2.57 bits per heavy atom. The number of nitrogens with one attached hydrogen (secondary N) is 2. The normalized spacial score (nSPS) is 12.0. The molecule has 0 saturated heterocycles. The highest BCUT2D eigenvalue weighted by molar-refractivity contribution is 7.90. The van der Waals surface area contributed by atoms with Gasteiger partial charge in [-0.15, -0.1) is 0 Å². The molecule has 2 N–H and O–H groups in total. The lowest BCUT2D eigenvalue weighted by Gasteiger charge is -2.12. The van der Waals surface area contributed by atoms with E-state index in [1.54, 1.807) is 13.0 Å². The molecule has 0 spiro atoms. The van der Waals surface area contributed by atoms with Crippen LogP contribution in [0, 0.1) is 17.5 Å². The highest BCUT2D eigenvalue weighted by Gasteiger charge is 2.26. The molecule has 0 saturated carbocycles. The third-order valence-electron chi connectivity index (χ3n) is 5.80. The molecular weight excluding hydrogens is 481 g/mol. The Morgan fingerprint density at radius 1 is 1.00 bits per heavy atom. The molecule has 0 fully saturated rings. The number of Topliss-reactive ketones (excluding diaryl/α,β-unsaturated/α-hetero) is 1.